The summed E-state index contributed by atoms with van der Waals surface area (Å²) in [4.78, 5) is 13.2. The highest BCUT2D eigenvalue weighted by atomic mass is 16.5. The van der Waals surface area contributed by atoms with Crippen LogP contribution in [-0.2, 0) is 0 Å². The topological polar surface area (TPSA) is 46.5 Å². The second-order valence-corrected chi connectivity index (χ2v) is 9.21. The molecule has 0 radical (unpaired) electrons. The lowest BCUT2D eigenvalue weighted by Crippen LogP contribution is -2.45. The van der Waals surface area contributed by atoms with Crippen molar-refractivity contribution in [3.05, 3.63) is 82.9 Å². The van der Waals surface area contributed by atoms with Gasteiger partial charge in [-0.25, -0.2) is 0 Å². The number of aromatic hydroxyl groups is 1. The first-order valence-electron chi connectivity index (χ1n) is 10.6. The minimum atomic E-state index is -0.355. The lowest BCUT2D eigenvalue weighted by atomic mass is 9.67. The van der Waals surface area contributed by atoms with Gasteiger partial charge >= 0.3 is 0 Å². The number of carbonyl (C=O) groups excluding carboxylic acids is 1. The predicted octanol–water partition coefficient (Wildman–Crippen LogP) is 6.39. The first kappa shape index (κ1) is 18.9. The van der Waals surface area contributed by atoms with Crippen LogP contribution >= 0.6 is 0 Å². The Balaban J connectivity index is 1.58. The zero-order chi connectivity index (χ0) is 21.0. The number of benzene rings is 3. The SMILES string of the molecule is CC1=CC[C@@H]2[C@@H](C1)c1c(O)cc(C(=O)c3ccc4ccccc4c3)cc1OC2(C)C. The maximum atomic E-state index is 13.2. The zero-order valence-electron chi connectivity index (χ0n) is 17.6. The van der Waals surface area contributed by atoms with Gasteiger partial charge in [-0.2, -0.15) is 0 Å². The van der Waals surface area contributed by atoms with Gasteiger partial charge in [-0.1, -0.05) is 48.0 Å². The highest BCUT2D eigenvalue weighted by molar-refractivity contribution is 6.11. The molecule has 152 valence electrons. The maximum Gasteiger partial charge on any atom is 0.193 e. The monoisotopic (exact) mass is 398 g/mol. The molecule has 1 aliphatic carbocycles. The van der Waals surface area contributed by atoms with Gasteiger partial charge in [0.25, 0.3) is 0 Å². The van der Waals surface area contributed by atoms with Crippen LogP contribution in [0.15, 0.2) is 66.2 Å². The van der Waals surface area contributed by atoms with Gasteiger partial charge in [0.05, 0.1) is 0 Å². The number of carbonyl (C=O) groups is 1. The maximum absolute atomic E-state index is 13.2. The van der Waals surface area contributed by atoms with Crippen molar-refractivity contribution in [1.82, 2.24) is 0 Å². The van der Waals surface area contributed by atoms with Crippen molar-refractivity contribution < 1.29 is 14.6 Å². The van der Waals surface area contributed by atoms with E-state index in [0.717, 1.165) is 29.2 Å². The van der Waals surface area contributed by atoms with Gasteiger partial charge < -0.3 is 9.84 Å². The van der Waals surface area contributed by atoms with Crippen LogP contribution in [0.25, 0.3) is 10.8 Å². The normalized spacial score (nSPS) is 21.9. The lowest BCUT2D eigenvalue weighted by molar-refractivity contribution is 0.00752. The first-order valence-corrected chi connectivity index (χ1v) is 10.6. The highest BCUT2D eigenvalue weighted by Crippen LogP contribution is 2.54. The Kier molecular flexibility index (Phi) is 4.25. The Bertz CT molecular complexity index is 1200. The quantitative estimate of drug-likeness (QED) is 0.402. The molecule has 0 bridgehead atoms. The minimum absolute atomic E-state index is 0.109. The number of hydrogen-bond acceptors (Lipinski definition) is 3. The first-order chi connectivity index (χ1) is 14.3. The zero-order valence-corrected chi connectivity index (χ0v) is 17.6. The summed E-state index contributed by atoms with van der Waals surface area (Å²) in [5, 5.41) is 13.1. The van der Waals surface area contributed by atoms with Crippen LogP contribution in [0.4, 0.5) is 0 Å². The predicted molar refractivity (Wildman–Crippen MR) is 119 cm³/mol. The molecule has 1 N–H and O–H groups in total. The van der Waals surface area contributed by atoms with Crippen molar-refractivity contribution in [2.24, 2.45) is 5.92 Å². The van der Waals surface area contributed by atoms with Gasteiger partial charge in [0, 0.05) is 28.5 Å². The van der Waals surface area contributed by atoms with E-state index in [-0.39, 0.29) is 23.1 Å². The Morgan fingerprint density at radius 2 is 1.80 bits per heavy atom. The van der Waals surface area contributed by atoms with E-state index in [1.165, 1.54) is 5.57 Å². The van der Waals surface area contributed by atoms with Crippen LogP contribution in [0.1, 0.15) is 61.0 Å². The van der Waals surface area contributed by atoms with E-state index < -0.39 is 0 Å². The second kappa shape index (κ2) is 6.73. The molecule has 2 atom stereocenters. The van der Waals surface area contributed by atoms with Crippen LogP contribution in [-0.4, -0.2) is 16.5 Å². The lowest BCUT2D eigenvalue weighted by Gasteiger charge is -2.47. The van der Waals surface area contributed by atoms with E-state index >= 15 is 0 Å². The number of hydrogen-bond donors (Lipinski definition) is 1. The molecule has 1 heterocycles. The third-order valence-electron chi connectivity index (χ3n) is 6.78. The Morgan fingerprint density at radius 3 is 2.60 bits per heavy atom. The fourth-order valence-corrected chi connectivity index (χ4v) is 5.19. The summed E-state index contributed by atoms with van der Waals surface area (Å²) in [5.41, 5.74) is 2.90. The van der Waals surface area contributed by atoms with E-state index in [0.29, 0.717) is 22.8 Å². The van der Waals surface area contributed by atoms with Gasteiger partial charge in [0.15, 0.2) is 5.78 Å². The molecule has 3 heteroatoms. The number of phenolic OH excluding ortho intramolecular Hbond substituents is 1. The van der Waals surface area contributed by atoms with Gasteiger partial charge in [-0.3, -0.25) is 4.79 Å². The van der Waals surface area contributed by atoms with E-state index in [2.05, 4.69) is 26.8 Å². The number of ether oxygens (including phenoxy) is 1. The van der Waals surface area contributed by atoms with E-state index in [1.807, 2.05) is 48.5 Å². The summed E-state index contributed by atoms with van der Waals surface area (Å²) in [7, 11) is 0. The summed E-state index contributed by atoms with van der Waals surface area (Å²) in [5.74, 6) is 1.21. The molecule has 30 heavy (non-hydrogen) atoms. The van der Waals surface area contributed by atoms with Crippen LogP contribution in [0.2, 0.25) is 0 Å². The molecule has 0 fully saturated rings. The Hall–Kier alpha value is -3.07. The summed E-state index contributed by atoms with van der Waals surface area (Å²) in [6, 6.07) is 17.1. The largest absolute Gasteiger partial charge is 0.507 e. The molecule has 0 saturated heterocycles. The fourth-order valence-electron chi connectivity index (χ4n) is 5.19. The minimum Gasteiger partial charge on any atom is -0.507 e. The summed E-state index contributed by atoms with van der Waals surface area (Å²) in [6.07, 6.45) is 4.14. The third-order valence-corrected chi connectivity index (χ3v) is 6.78. The smallest absolute Gasteiger partial charge is 0.193 e. The van der Waals surface area contributed by atoms with Gasteiger partial charge in [-0.15, -0.1) is 0 Å². The number of ketones is 1. The molecule has 0 spiro atoms. The van der Waals surface area contributed by atoms with Crippen molar-refractivity contribution in [3.8, 4) is 11.5 Å². The number of rotatable bonds is 2. The molecule has 3 nitrogen and oxygen atoms in total. The molecule has 0 unspecified atom stereocenters. The molecular formula is C27H26O3. The average molecular weight is 399 g/mol. The molecule has 0 amide bonds. The van der Waals surface area contributed by atoms with Gasteiger partial charge in [-0.05, 0) is 62.6 Å². The summed E-state index contributed by atoms with van der Waals surface area (Å²) >= 11 is 0. The summed E-state index contributed by atoms with van der Waals surface area (Å²) < 4.78 is 6.36. The van der Waals surface area contributed by atoms with E-state index in [4.69, 9.17) is 4.74 Å². The second-order valence-electron chi connectivity index (χ2n) is 9.21. The Morgan fingerprint density at radius 1 is 1.03 bits per heavy atom. The standard InChI is InChI=1S/C27H26O3/c1-16-8-11-22-21(12-16)25-23(28)14-20(15-24(25)30-27(22,2)3)26(29)19-10-9-17-6-4-5-7-18(17)13-19/h4-10,13-15,21-22,28H,11-12H2,1-3H3/t21-,22-/m1/s1. The molecule has 3 aromatic carbocycles. The van der Waals surface area contributed by atoms with Crippen molar-refractivity contribution in [2.75, 3.05) is 0 Å². The molecule has 5 rings (SSSR count). The fraction of sp³-hybridized carbons (Fsp3) is 0.296. The van der Waals surface area contributed by atoms with Crippen LogP contribution in [0.5, 0.6) is 11.5 Å². The number of fused-ring (bicyclic) bond motifs is 4. The molecule has 0 saturated carbocycles. The third kappa shape index (κ3) is 3.00. The molecule has 0 aromatic heterocycles. The van der Waals surface area contributed by atoms with Gasteiger partial charge in [0.2, 0.25) is 0 Å². The molecule has 3 aromatic rings. The van der Waals surface area contributed by atoms with E-state index in [9.17, 15) is 9.90 Å². The molecule has 2 aliphatic rings. The number of phenols is 1. The molecular weight excluding hydrogens is 372 g/mol. The van der Waals surface area contributed by atoms with Gasteiger partial charge in [0.1, 0.15) is 17.1 Å². The van der Waals surface area contributed by atoms with Crippen LogP contribution in [0.3, 0.4) is 0 Å². The van der Waals surface area contributed by atoms with E-state index in [1.54, 1.807) is 6.07 Å². The van der Waals surface area contributed by atoms with Crippen LogP contribution < -0.4 is 4.74 Å². The van der Waals surface area contributed by atoms with Crippen LogP contribution in [0, 0.1) is 5.92 Å². The van der Waals surface area contributed by atoms with Crippen molar-refractivity contribution in [3.63, 3.8) is 0 Å². The highest BCUT2D eigenvalue weighted by Gasteiger charge is 2.45. The van der Waals surface area contributed by atoms with Crippen molar-refractivity contribution >= 4 is 16.6 Å². The number of allylic oxidation sites excluding steroid dienone is 2. The van der Waals surface area contributed by atoms with Crippen molar-refractivity contribution in [1.29, 1.82) is 0 Å². The summed E-state index contributed by atoms with van der Waals surface area (Å²) in [6.45, 7) is 6.36. The van der Waals surface area contributed by atoms with Crippen molar-refractivity contribution in [2.45, 2.75) is 45.1 Å². The Labute approximate surface area is 177 Å². The molecule has 1 aliphatic heterocycles. The average Bonchev–Trinajstić information content (AvgIpc) is 2.71.